The molecule has 0 saturated heterocycles. The van der Waals surface area contributed by atoms with Gasteiger partial charge < -0.3 is 10.4 Å². The van der Waals surface area contributed by atoms with Crippen molar-refractivity contribution in [2.45, 2.75) is 37.1 Å². The number of benzene rings is 1. The van der Waals surface area contributed by atoms with Gasteiger partial charge in [-0.25, -0.2) is 4.79 Å². The highest BCUT2D eigenvalue weighted by molar-refractivity contribution is 6.30. The van der Waals surface area contributed by atoms with Crippen LogP contribution in [0.5, 0.6) is 0 Å². The number of aliphatic carboxylic acids is 1. The zero-order chi connectivity index (χ0) is 14.3. The predicted octanol–water partition coefficient (Wildman–Crippen LogP) is 2.57. The topological polar surface area (TPSA) is 66.4 Å². The fourth-order valence-corrected chi connectivity index (χ4v) is 3.04. The molecule has 0 spiro atoms. The standard InChI is InChI=1S/C15H16ClNO3/c16-10-4-1-3-9(7-10)11-8-12(11)13(18)17-15(14(19)20)5-2-6-15/h1,3-4,7,11-12H,2,5-6,8H2,(H,17,18)(H,19,20)/t11-,12+/m0/s1. The van der Waals surface area contributed by atoms with Crippen molar-refractivity contribution in [2.24, 2.45) is 5.92 Å². The third-order valence-corrected chi connectivity index (χ3v) is 4.62. The van der Waals surface area contributed by atoms with Gasteiger partial charge in [0.1, 0.15) is 5.54 Å². The maximum atomic E-state index is 12.2. The maximum absolute atomic E-state index is 12.2. The molecule has 0 radical (unpaired) electrons. The number of halogens is 1. The number of rotatable bonds is 4. The quantitative estimate of drug-likeness (QED) is 0.896. The summed E-state index contributed by atoms with van der Waals surface area (Å²) in [6, 6.07) is 7.50. The van der Waals surface area contributed by atoms with E-state index in [9.17, 15) is 14.7 Å². The minimum absolute atomic E-state index is 0.120. The predicted molar refractivity (Wildman–Crippen MR) is 74.7 cm³/mol. The van der Waals surface area contributed by atoms with Gasteiger partial charge in [-0.05, 0) is 49.3 Å². The Kier molecular flexibility index (Phi) is 3.21. The molecule has 20 heavy (non-hydrogen) atoms. The number of carboxylic acids is 1. The molecule has 2 fully saturated rings. The number of carboxylic acid groups (broad SMARTS) is 1. The molecule has 0 aromatic heterocycles. The third kappa shape index (κ3) is 2.29. The van der Waals surface area contributed by atoms with Gasteiger partial charge in [-0.3, -0.25) is 4.79 Å². The summed E-state index contributed by atoms with van der Waals surface area (Å²) < 4.78 is 0. The highest BCUT2D eigenvalue weighted by Crippen LogP contribution is 2.48. The highest BCUT2D eigenvalue weighted by Gasteiger charge is 2.50. The molecule has 2 aliphatic carbocycles. The van der Waals surface area contributed by atoms with Crippen molar-refractivity contribution in [1.29, 1.82) is 0 Å². The smallest absolute Gasteiger partial charge is 0.329 e. The van der Waals surface area contributed by atoms with E-state index in [4.69, 9.17) is 11.6 Å². The van der Waals surface area contributed by atoms with Gasteiger partial charge in [0.15, 0.2) is 0 Å². The lowest BCUT2D eigenvalue weighted by Gasteiger charge is -2.38. The largest absolute Gasteiger partial charge is 0.480 e. The molecule has 3 rings (SSSR count). The zero-order valence-electron chi connectivity index (χ0n) is 10.9. The van der Waals surface area contributed by atoms with Crippen LogP contribution in [0.2, 0.25) is 5.02 Å². The van der Waals surface area contributed by atoms with Crippen molar-refractivity contribution >= 4 is 23.5 Å². The van der Waals surface area contributed by atoms with E-state index in [1.165, 1.54) is 0 Å². The van der Waals surface area contributed by atoms with Crippen molar-refractivity contribution < 1.29 is 14.7 Å². The molecular formula is C15H16ClNO3. The average Bonchev–Trinajstić information content (AvgIpc) is 3.13. The van der Waals surface area contributed by atoms with Crippen molar-refractivity contribution in [3.63, 3.8) is 0 Å². The maximum Gasteiger partial charge on any atom is 0.329 e. The number of carbonyl (C=O) groups is 2. The van der Waals surface area contributed by atoms with Gasteiger partial charge in [0, 0.05) is 10.9 Å². The highest BCUT2D eigenvalue weighted by atomic mass is 35.5. The van der Waals surface area contributed by atoms with E-state index in [-0.39, 0.29) is 17.7 Å². The monoisotopic (exact) mass is 293 g/mol. The summed E-state index contributed by atoms with van der Waals surface area (Å²) in [5.41, 5.74) is 0.0362. The first-order chi connectivity index (χ1) is 9.52. The molecule has 1 amide bonds. The van der Waals surface area contributed by atoms with E-state index in [2.05, 4.69) is 5.32 Å². The van der Waals surface area contributed by atoms with Crippen LogP contribution in [0.15, 0.2) is 24.3 Å². The van der Waals surface area contributed by atoms with Crippen LogP contribution in [0.1, 0.15) is 37.2 Å². The summed E-state index contributed by atoms with van der Waals surface area (Å²) in [7, 11) is 0. The summed E-state index contributed by atoms with van der Waals surface area (Å²) in [5, 5.41) is 12.6. The summed E-state index contributed by atoms with van der Waals surface area (Å²) in [6.45, 7) is 0. The molecule has 0 aliphatic heterocycles. The van der Waals surface area contributed by atoms with Crippen molar-refractivity contribution in [1.82, 2.24) is 5.32 Å². The van der Waals surface area contributed by atoms with Crippen molar-refractivity contribution in [3.05, 3.63) is 34.9 Å². The molecule has 4 nitrogen and oxygen atoms in total. The molecule has 1 aromatic rings. The van der Waals surface area contributed by atoms with Crippen LogP contribution in [0, 0.1) is 5.92 Å². The van der Waals surface area contributed by atoms with Gasteiger partial charge in [-0.15, -0.1) is 0 Å². The molecule has 0 unspecified atom stereocenters. The average molecular weight is 294 g/mol. The van der Waals surface area contributed by atoms with E-state index >= 15 is 0 Å². The summed E-state index contributed by atoms with van der Waals surface area (Å²) >= 11 is 5.95. The molecule has 2 atom stereocenters. The Hall–Kier alpha value is -1.55. The van der Waals surface area contributed by atoms with Crippen molar-refractivity contribution in [3.8, 4) is 0 Å². The van der Waals surface area contributed by atoms with E-state index in [0.717, 1.165) is 18.4 Å². The Morgan fingerprint density at radius 2 is 2.10 bits per heavy atom. The Balaban J connectivity index is 1.64. The Labute approximate surface area is 122 Å². The third-order valence-electron chi connectivity index (χ3n) is 4.38. The van der Waals surface area contributed by atoms with Crippen molar-refractivity contribution in [2.75, 3.05) is 0 Å². The lowest BCUT2D eigenvalue weighted by atomic mass is 9.76. The lowest BCUT2D eigenvalue weighted by molar-refractivity contribution is -0.152. The van der Waals surface area contributed by atoms with E-state index in [1.807, 2.05) is 18.2 Å². The van der Waals surface area contributed by atoms with Crippen LogP contribution < -0.4 is 5.32 Å². The fraction of sp³-hybridized carbons (Fsp3) is 0.467. The second-order valence-corrected chi connectivity index (χ2v) is 6.17. The van der Waals surface area contributed by atoms with E-state index in [1.54, 1.807) is 6.07 Å². The van der Waals surface area contributed by atoms with Gasteiger partial charge in [0.05, 0.1) is 0 Å². The van der Waals surface area contributed by atoms with Crippen LogP contribution >= 0.6 is 11.6 Å². The van der Waals surface area contributed by atoms with Crippen LogP contribution in [0.25, 0.3) is 0 Å². The Bertz CT molecular complexity index is 568. The first-order valence-corrected chi connectivity index (χ1v) is 7.20. The minimum Gasteiger partial charge on any atom is -0.480 e. The molecule has 0 heterocycles. The molecular weight excluding hydrogens is 278 g/mol. The van der Waals surface area contributed by atoms with Gasteiger partial charge in [0.2, 0.25) is 5.91 Å². The summed E-state index contributed by atoms with van der Waals surface area (Å²) in [6.07, 6.45) is 2.68. The molecule has 106 valence electrons. The van der Waals surface area contributed by atoms with Gasteiger partial charge in [-0.2, -0.15) is 0 Å². The van der Waals surface area contributed by atoms with Crippen LogP contribution in [-0.4, -0.2) is 22.5 Å². The Morgan fingerprint density at radius 3 is 2.65 bits per heavy atom. The van der Waals surface area contributed by atoms with Crippen LogP contribution in [0.4, 0.5) is 0 Å². The number of carbonyl (C=O) groups excluding carboxylic acids is 1. The second kappa shape index (κ2) is 4.77. The van der Waals surface area contributed by atoms with Crippen LogP contribution in [-0.2, 0) is 9.59 Å². The van der Waals surface area contributed by atoms with Crippen LogP contribution in [0.3, 0.4) is 0 Å². The normalized spacial score (nSPS) is 26.4. The molecule has 1 aromatic carbocycles. The number of hydrogen-bond donors (Lipinski definition) is 2. The van der Waals surface area contributed by atoms with E-state index < -0.39 is 11.5 Å². The molecule has 2 N–H and O–H groups in total. The summed E-state index contributed by atoms with van der Waals surface area (Å²) in [5.74, 6) is -1.01. The second-order valence-electron chi connectivity index (χ2n) is 5.73. The zero-order valence-corrected chi connectivity index (χ0v) is 11.7. The fourth-order valence-electron chi connectivity index (χ4n) is 2.84. The summed E-state index contributed by atoms with van der Waals surface area (Å²) in [4.78, 5) is 23.4. The molecule has 2 aliphatic rings. The molecule has 0 bridgehead atoms. The van der Waals surface area contributed by atoms with Gasteiger partial charge >= 0.3 is 5.97 Å². The van der Waals surface area contributed by atoms with E-state index in [0.29, 0.717) is 17.9 Å². The molecule has 5 heteroatoms. The minimum atomic E-state index is -1.02. The Morgan fingerprint density at radius 1 is 1.35 bits per heavy atom. The SMILES string of the molecule is O=C(NC1(C(=O)O)CCC1)[C@@H]1C[C@H]1c1cccc(Cl)c1. The molecule has 2 saturated carbocycles. The first-order valence-electron chi connectivity index (χ1n) is 6.83. The van der Waals surface area contributed by atoms with Gasteiger partial charge in [-0.1, -0.05) is 23.7 Å². The number of nitrogens with one attached hydrogen (secondary N) is 1. The number of hydrogen-bond acceptors (Lipinski definition) is 2. The number of amides is 1. The first kappa shape index (κ1) is 13.4. The van der Waals surface area contributed by atoms with Gasteiger partial charge in [0.25, 0.3) is 0 Å². The lowest BCUT2D eigenvalue weighted by Crippen LogP contribution is -2.59.